The van der Waals surface area contributed by atoms with E-state index in [0.29, 0.717) is 28.5 Å². The zero-order valence-corrected chi connectivity index (χ0v) is 14.6. The molecule has 0 aromatic heterocycles. The second-order valence-corrected chi connectivity index (χ2v) is 6.11. The Morgan fingerprint density at radius 3 is 1.96 bits per heavy atom. The lowest BCUT2D eigenvalue weighted by molar-refractivity contribution is 0.0937. The van der Waals surface area contributed by atoms with E-state index in [-0.39, 0.29) is 24.2 Å². The van der Waals surface area contributed by atoms with E-state index >= 15 is 0 Å². The van der Waals surface area contributed by atoms with Crippen LogP contribution in [0.2, 0.25) is 0 Å². The first-order valence-electron chi connectivity index (χ1n) is 8.19. The molecule has 0 atom stereocenters. The second kappa shape index (κ2) is 8.53. The van der Waals surface area contributed by atoms with E-state index in [1.165, 1.54) is 12.8 Å². The first kappa shape index (κ1) is 18.8. The van der Waals surface area contributed by atoms with E-state index < -0.39 is 0 Å². The molecular formula is C19H22ClN3O2. The van der Waals surface area contributed by atoms with Gasteiger partial charge >= 0.3 is 0 Å². The van der Waals surface area contributed by atoms with Gasteiger partial charge in [0.1, 0.15) is 0 Å². The topological polar surface area (TPSA) is 84.2 Å². The van der Waals surface area contributed by atoms with Gasteiger partial charge in [0.05, 0.1) is 0 Å². The maximum Gasteiger partial charge on any atom is 0.255 e. The molecule has 0 heterocycles. The van der Waals surface area contributed by atoms with Crippen LogP contribution in [0, 0.1) is 0 Å². The molecule has 0 unspecified atom stereocenters. The van der Waals surface area contributed by atoms with E-state index in [0.717, 1.165) is 12.8 Å². The zero-order chi connectivity index (χ0) is 16.9. The first-order chi connectivity index (χ1) is 11.6. The molecule has 1 saturated carbocycles. The van der Waals surface area contributed by atoms with Crippen LogP contribution >= 0.6 is 12.4 Å². The van der Waals surface area contributed by atoms with Crippen LogP contribution in [0.1, 0.15) is 46.4 Å². The van der Waals surface area contributed by atoms with Gasteiger partial charge in [0.25, 0.3) is 11.8 Å². The Morgan fingerprint density at radius 1 is 0.840 bits per heavy atom. The summed E-state index contributed by atoms with van der Waals surface area (Å²) >= 11 is 0. The highest BCUT2D eigenvalue weighted by molar-refractivity contribution is 6.04. The highest BCUT2D eigenvalue weighted by atomic mass is 35.5. The molecule has 6 heteroatoms. The summed E-state index contributed by atoms with van der Waals surface area (Å²) in [6, 6.07) is 13.9. The third kappa shape index (κ3) is 4.97. The van der Waals surface area contributed by atoms with Gasteiger partial charge in [-0.2, -0.15) is 0 Å². The average molecular weight is 360 g/mol. The normalized spacial score (nSPS) is 13.8. The van der Waals surface area contributed by atoms with Crippen molar-refractivity contribution in [3.05, 3.63) is 59.7 Å². The predicted molar refractivity (Wildman–Crippen MR) is 102 cm³/mol. The Morgan fingerprint density at radius 2 is 1.36 bits per heavy atom. The van der Waals surface area contributed by atoms with E-state index in [2.05, 4.69) is 10.6 Å². The Bertz CT molecular complexity index is 723. The van der Waals surface area contributed by atoms with Gasteiger partial charge in [0.2, 0.25) is 0 Å². The Kier molecular flexibility index (Phi) is 6.42. The number of nitrogens with two attached hydrogens (primary N) is 1. The van der Waals surface area contributed by atoms with Gasteiger partial charge in [-0.25, -0.2) is 0 Å². The molecular weight excluding hydrogens is 338 g/mol. The number of rotatable bonds is 4. The predicted octanol–water partition coefficient (Wildman–Crippen LogP) is 3.62. The van der Waals surface area contributed by atoms with Crippen molar-refractivity contribution in [3.8, 4) is 0 Å². The van der Waals surface area contributed by atoms with Gasteiger partial charge in [-0.15, -0.1) is 12.4 Å². The standard InChI is InChI=1S/C19H21N3O2.ClH/c20-15-9-5-13(6-10-15)18(23)22-17-11-7-14(8-12-17)19(24)21-16-3-1-2-4-16;/h5-12,16H,1-4,20H2,(H,21,24)(H,22,23);1H. The fourth-order valence-electron chi connectivity index (χ4n) is 2.88. The molecule has 0 saturated heterocycles. The molecule has 0 spiro atoms. The number of hydrogen-bond acceptors (Lipinski definition) is 3. The van der Waals surface area contributed by atoms with Crippen molar-refractivity contribution in [2.75, 3.05) is 11.1 Å². The lowest BCUT2D eigenvalue weighted by Crippen LogP contribution is -2.32. The summed E-state index contributed by atoms with van der Waals surface area (Å²) in [5.41, 5.74) is 8.01. The number of nitrogens with one attached hydrogen (secondary N) is 2. The number of hydrogen-bond donors (Lipinski definition) is 3. The fraction of sp³-hybridized carbons (Fsp3) is 0.263. The molecule has 1 aliphatic rings. The van der Waals surface area contributed by atoms with Crippen LogP contribution in [-0.2, 0) is 0 Å². The number of halogens is 1. The fourth-order valence-corrected chi connectivity index (χ4v) is 2.88. The molecule has 3 rings (SSSR count). The maximum atomic E-state index is 12.2. The van der Waals surface area contributed by atoms with E-state index in [1.807, 2.05) is 0 Å². The summed E-state index contributed by atoms with van der Waals surface area (Å²) in [6.07, 6.45) is 4.48. The molecule has 0 radical (unpaired) electrons. The molecule has 4 N–H and O–H groups in total. The van der Waals surface area contributed by atoms with Gasteiger partial charge < -0.3 is 16.4 Å². The van der Waals surface area contributed by atoms with Crippen molar-refractivity contribution in [1.29, 1.82) is 0 Å². The Hall–Kier alpha value is -2.53. The Labute approximate surface area is 153 Å². The number of carbonyl (C=O) groups excluding carboxylic acids is 2. The van der Waals surface area contributed by atoms with Gasteiger partial charge in [-0.1, -0.05) is 12.8 Å². The van der Waals surface area contributed by atoms with Crippen LogP contribution in [0.4, 0.5) is 11.4 Å². The number of nitrogen functional groups attached to an aromatic ring is 1. The number of carbonyl (C=O) groups is 2. The maximum absolute atomic E-state index is 12.2. The summed E-state index contributed by atoms with van der Waals surface area (Å²) in [5.74, 6) is -0.267. The van der Waals surface area contributed by atoms with E-state index in [4.69, 9.17) is 5.73 Å². The average Bonchev–Trinajstić information content (AvgIpc) is 3.09. The van der Waals surface area contributed by atoms with E-state index in [1.54, 1.807) is 48.5 Å². The van der Waals surface area contributed by atoms with Crippen LogP contribution in [0.3, 0.4) is 0 Å². The minimum atomic E-state index is -0.210. The smallest absolute Gasteiger partial charge is 0.255 e. The van der Waals surface area contributed by atoms with Crippen LogP contribution in [0.25, 0.3) is 0 Å². The molecule has 132 valence electrons. The van der Waals surface area contributed by atoms with Gasteiger partial charge in [0.15, 0.2) is 0 Å². The molecule has 5 nitrogen and oxygen atoms in total. The minimum Gasteiger partial charge on any atom is -0.399 e. The van der Waals surface area contributed by atoms with Crippen molar-refractivity contribution in [3.63, 3.8) is 0 Å². The number of benzene rings is 2. The monoisotopic (exact) mass is 359 g/mol. The summed E-state index contributed by atoms with van der Waals surface area (Å²) in [7, 11) is 0. The minimum absolute atomic E-state index is 0. The molecule has 0 bridgehead atoms. The SMILES string of the molecule is Cl.Nc1ccc(C(=O)Nc2ccc(C(=O)NC3CCCC3)cc2)cc1. The largest absolute Gasteiger partial charge is 0.399 e. The van der Waals surface area contributed by atoms with Crippen LogP contribution in [0.15, 0.2) is 48.5 Å². The van der Waals surface area contributed by atoms with Crippen molar-refractivity contribution in [2.24, 2.45) is 0 Å². The molecule has 1 aliphatic carbocycles. The number of anilines is 2. The third-order valence-electron chi connectivity index (χ3n) is 4.27. The van der Waals surface area contributed by atoms with Gasteiger partial charge in [-0.05, 0) is 61.4 Å². The molecule has 1 fully saturated rings. The highest BCUT2D eigenvalue weighted by Gasteiger charge is 2.17. The number of amides is 2. The van der Waals surface area contributed by atoms with Crippen LogP contribution in [-0.4, -0.2) is 17.9 Å². The third-order valence-corrected chi connectivity index (χ3v) is 4.27. The summed E-state index contributed by atoms with van der Waals surface area (Å²) in [4.78, 5) is 24.3. The van der Waals surface area contributed by atoms with Crippen LogP contribution < -0.4 is 16.4 Å². The second-order valence-electron chi connectivity index (χ2n) is 6.11. The lowest BCUT2D eigenvalue weighted by atomic mass is 10.1. The summed E-state index contributed by atoms with van der Waals surface area (Å²) in [6.45, 7) is 0. The van der Waals surface area contributed by atoms with Crippen LogP contribution in [0.5, 0.6) is 0 Å². The molecule has 2 aromatic carbocycles. The van der Waals surface area contributed by atoms with Crippen molar-refractivity contribution < 1.29 is 9.59 Å². The molecule has 2 amide bonds. The first-order valence-corrected chi connectivity index (χ1v) is 8.19. The lowest BCUT2D eigenvalue weighted by Gasteiger charge is -2.12. The molecule has 25 heavy (non-hydrogen) atoms. The van der Waals surface area contributed by atoms with Gasteiger partial charge in [-0.3, -0.25) is 9.59 Å². The van der Waals surface area contributed by atoms with E-state index in [9.17, 15) is 9.59 Å². The molecule has 2 aromatic rings. The summed E-state index contributed by atoms with van der Waals surface area (Å²) < 4.78 is 0. The van der Waals surface area contributed by atoms with Gasteiger partial charge in [0, 0.05) is 28.5 Å². The molecule has 0 aliphatic heterocycles. The Balaban J connectivity index is 0.00000225. The highest BCUT2D eigenvalue weighted by Crippen LogP contribution is 2.18. The van der Waals surface area contributed by atoms with Crippen molar-refractivity contribution in [1.82, 2.24) is 5.32 Å². The van der Waals surface area contributed by atoms with Crippen molar-refractivity contribution >= 4 is 35.6 Å². The summed E-state index contributed by atoms with van der Waals surface area (Å²) in [5, 5.41) is 5.85. The van der Waals surface area contributed by atoms with Crippen molar-refractivity contribution in [2.45, 2.75) is 31.7 Å². The zero-order valence-electron chi connectivity index (χ0n) is 13.8. The quantitative estimate of drug-likeness (QED) is 0.729.